The van der Waals surface area contributed by atoms with E-state index in [9.17, 15) is 4.39 Å². The molecule has 0 N–H and O–H groups in total. The fourth-order valence-corrected chi connectivity index (χ4v) is 1.61. The Hall–Kier alpha value is -2.30. The molecule has 0 unspecified atom stereocenters. The van der Waals surface area contributed by atoms with Crippen molar-refractivity contribution in [3.63, 3.8) is 0 Å². The number of aryl methyl sites for hydroxylation is 1. The van der Waals surface area contributed by atoms with Crippen LogP contribution in [0.15, 0.2) is 30.3 Å². The van der Waals surface area contributed by atoms with Gasteiger partial charge in [0.25, 0.3) is 0 Å². The molecule has 0 fully saturated rings. The molecular formula is C13H10FNO3. The molecule has 2 heterocycles. The lowest BCUT2D eigenvalue weighted by Crippen LogP contribution is -1.93. The molecule has 1 aliphatic rings. The van der Waals surface area contributed by atoms with Crippen molar-refractivity contribution in [1.29, 1.82) is 0 Å². The number of nitrogens with zero attached hydrogens (tertiary/aromatic N) is 1. The highest BCUT2D eigenvalue weighted by Gasteiger charge is 2.14. The summed E-state index contributed by atoms with van der Waals surface area (Å²) in [7, 11) is 0. The molecule has 0 atom stereocenters. The molecule has 1 aromatic heterocycles. The van der Waals surface area contributed by atoms with E-state index in [0.717, 1.165) is 0 Å². The first-order chi connectivity index (χ1) is 8.72. The first-order valence-electron chi connectivity index (χ1n) is 5.43. The first-order valence-corrected chi connectivity index (χ1v) is 5.43. The molecule has 5 heteroatoms. The van der Waals surface area contributed by atoms with Crippen molar-refractivity contribution < 1.29 is 18.6 Å². The molecule has 18 heavy (non-hydrogen) atoms. The number of hydrogen-bond acceptors (Lipinski definition) is 4. The van der Waals surface area contributed by atoms with Crippen molar-refractivity contribution in [2.45, 2.75) is 6.92 Å². The van der Waals surface area contributed by atoms with Crippen LogP contribution < -0.4 is 14.2 Å². The summed E-state index contributed by atoms with van der Waals surface area (Å²) in [5.74, 6) is 1.48. The van der Waals surface area contributed by atoms with Gasteiger partial charge in [-0.05, 0) is 25.1 Å². The molecule has 0 amide bonds. The van der Waals surface area contributed by atoms with Crippen LogP contribution in [-0.4, -0.2) is 11.8 Å². The monoisotopic (exact) mass is 247 g/mol. The van der Waals surface area contributed by atoms with E-state index >= 15 is 0 Å². The van der Waals surface area contributed by atoms with Crippen LogP contribution in [0.4, 0.5) is 4.39 Å². The largest absolute Gasteiger partial charge is 0.454 e. The van der Waals surface area contributed by atoms with Gasteiger partial charge in [-0.1, -0.05) is 0 Å². The van der Waals surface area contributed by atoms with Crippen LogP contribution in [0.5, 0.6) is 23.1 Å². The Morgan fingerprint density at radius 2 is 2.00 bits per heavy atom. The quantitative estimate of drug-likeness (QED) is 0.765. The lowest BCUT2D eigenvalue weighted by Gasteiger charge is -2.06. The van der Waals surface area contributed by atoms with Crippen molar-refractivity contribution in [2.75, 3.05) is 6.79 Å². The molecule has 1 aliphatic heterocycles. The molecule has 2 aromatic rings. The summed E-state index contributed by atoms with van der Waals surface area (Å²) < 4.78 is 29.1. The number of pyridine rings is 1. The van der Waals surface area contributed by atoms with Gasteiger partial charge in [-0.3, -0.25) is 0 Å². The Morgan fingerprint density at radius 1 is 1.17 bits per heavy atom. The van der Waals surface area contributed by atoms with Crippen molar-refractivity contribution in [1.82, 2.24) is 4.98 Å². The van der Waals surface area contributed by atoms with Gasteiger partial charge in [0.2, 0.25) is 18.6 Å². The predicted molar refractivity (Wildman–Crippen MR) is 61.6 cm³/mol. The van der Waals surface area contributed by atoms with Gasteiger partial charge in [0.1, 0.15) is 5.75 Å². The zero-order chi connectivity index (χ0) is 12.5. The average Bonchev–Trinajstić information content (AvgIpc) is 2.81. The molecule has 0 radical (unpaired) electrons. The van der Waals surface area contributed by atoms with E-state index in [4.69, 9.17) is 14.2 Å². The van der Waals surface area contributed by atoms with E-state index in [0.29, 0.717) is 22.8 Å². The highest BCUT2D eigenvalue weighted by Crippen LogP contribution is 2.36. The Kier molecular flexibility index (Phi) is 2.51. The van der Waals surface area contributed by atoms with E-state index in [1.165, 1.54) is 0 Å². The van der Waals surface area contributed by atoms with Gasteiger partial charge in [0.15, 0.2) is 11.5 Å². The van der Waals surface area contributed by atoms with Crippen LogP contribution in [0.3, 0.4) is 0 Å². The summed E-state index contributed by atoms with van der Waals surface area (Å²) in [6, 6.07) is 8.37. The number of halogens is 1. The fourth-order valence-electron chi connectivity index (χ4n) is 1.61. The van der Waals surface area contributed by atoms with Crippen LogP contribution in [-0.2, 0) is 0 Å². The van der Waals surface area contributed by atoms with Crippen molar-refractivity contribution >= 4 is 0 Å². The average molecular weight is 247 g/mol. The lowest BCUT2D eigenvalue weighted by molar-refractivity contribution is 0.174. The highest BCUT2D eigenvalue weighted by atomic mass is 19.1. The van der Waals surface area contributed by atoms with E-state index in [2.05, 4.69) is 4.98 Å². The third kappa shape index (κ3) is 1.95. The third-order valence-electron chi connectivity index (χ3n) is 2.58. The Bertz CT molecular complexity index is 601. The fraction of sp³-hybridized carbons (Fsp3) is 0.154. The van der Waals surface area contributed by atoms with Crippen LogP contribution in [0.1, 0.15) is 5.56 Å². The SMILES string of the molecule is Cc1ccc(Oc2ccc3c(c2)OCO3)nc1F. The number of fused-ring (bicyclic) bond motifs is 1. The maximum absolute atomic E-state index is 13.3. The summed E-state index contributed by atoms with van der Waals surface area (Å²) in [5.41, 5.74) is 0.480. The zero-order valence-electron chi connectivity index (χ0n) is 9.64. The minimum Gasteiger partial charge on any atom is -0.454 e. The molecule has 0 saturated carbocycles. The second-order valence-electron chi connectivity index (χ2n) is 3.87. The molecule has 3 rings (SSSR count). The second-order valence-corrected chi connectivity index (χ2v) is 3.87. The highest BCUT2D eigenvalue weighted by molar-refractivity contribution is 5.47. The topological polar surface area (TPSA) is 40.6 Å². The van der Waals surface area contributed by atoms with E-state index in [1.807, 2.05) is 0 Å². The first kappa shape index (κ1) is 10.8. The number of benzene rings is 1. The molecule has 0 bridgehead atoms. The predicted octanol–water partition coefficient (Wildman–Crippen LogP) is 3.05. The lowest BCUT2D eigenvalue weighted by atomic mass is 10.3. The van der Waals surface area contributed by atoms with Crippen molar-refractivity contribution in [3.05, 3.63) is 41.8 Å². The standard InChI is InChI=1S/C13H10FNO3/c1-8-2-5-12(15-13(8)14)18-9-3-4-10-11(6-9)17-7-16-10/h2-6H,7H2,1H3. The Morgan fingerprint density at radius 3 is 2.83 bits per heavy atom. The molecule has 0 spiro atoms. The number of hydrogen-bond donors (Lipinski definition) is 0. The summed E-state index contributed by atoms with van der Waals surface area (Å²) in [6.45, 7) is 1.85. The Balaban J connectivity index is 1.85. The molecule has 92 valence electrons. The molecule has 1 aromatic carbocycles. The van der Waals surface area contributed by atoms with Gasteiger partial charge in [-0.15, -0.1) is 0 Å². The summed E-state index contributed by atoms with van der Waals surface area (Å²) in [5, 5.41) is 0. The van der Waals surface area contributed by atoms with Crippen molar-refractivity contribution in [2.24, 2.45) is 0 Å². The van der Waals surface area contributed by atoms with E-state index in [1.54, 1.807) is 37.3 Å². The van der Waals surface area contributed by atoms with Crippen LogP contribution in [0.25, 0.3) is 0 Å². The van der Waals surface area contributed by atoms with E-state index < -0.39 is 5.95 Å². The Labute approximate surface area is 103 Å². The van der Waals surface area contributed by atoms with Gasteiger partial charge < -0.3 is 14.2 Å². The summed E-state index contributed by atoms with van der Waals surface area (Å²) in [6.07, 6.45) is 0. The molecule has 0 saturated heterocycles. The normalized spacial score (nSPS) is 12.6. The van der Waals surface area contributed by atoms with Crippen LogP contribution in [0, 0.1) is 12.9 Å². The minimum atomic E-state index is -0.534. The van der Waals surface area contributed by atoms with Gasteiger partial charge in [0, 0.05) is 17.7 Å². The van der Waals surface area contributed by atoms with Crippen molar-refractivity contribution in [3.8, 4) is 23.1 Å². The van der Waals surface area contributed by atoms with Crippen LogP contribution in [0.2, 0.25) is 0 Å². The zero-order valence-corrected chi connectivity index (χ0v) is 9.64. The smallest absolute Gasteiger partial charge is 0.231 e. The van der Waals surface area contributed by atoms with Gasteiger partial charge in [-0.2, -0.15) is 9.37 Å². The minimum absolute atomic E-state index is 0.205. The van der Waals surface area contributed by atoms with E-state index in [-0.39, 0.29) is 12.7 Å². The third-order valence-corrected chi connectivity index (χ3v) is 2.58. The van der Waals surface area contributed by atoms with Gasteiger partial charge >= 0.3 is 0 Å². The summed E-state index contributed by atoms with van der Waals surface area (Å²) in [4.78, 5) is 3.70. The van der Waals surface area contributed by atoms with Gasteiger partial charge in [0.05, 0.1) is 0 Å². The molecule has 4 nitrogen and oxygen atoms in total. The molecular weight excluding hydrogens is 237 g/mol. The van der Waals surface area contributed by atoms with Crippen LogP contribution >= 0.6 is 0 Å². The number of ether oxygens (including phenoxy) is 3. The summed E-state index contributed by atoms with van der Waals surface area (Å²) >= 11 is 0. The number of rotatable bonds is 2. The second kappa shape index (κ2) is 4.18. The maximum Gasteiger partial charge on any atom is 0.231 e. The van der Waals surface area contributed by atoms with Gasteiger partial charge in [-0.25, -0.2) is 0 Å². The number of aromatic nitrogens is 1. The molecule has 0 aliphatic carbocycles. The maximum atomic E-state index is 13.3.